The van der Waals surface area contributed by atoms with Crippen LogP contribution in [0, 0.1) is 0 Å². The monoisotopic (exact) mass is 1170 g/mol. The first-order valence-electron chi connectivity index (χ1n) is 37.7. The topological polar surface area (TPSA) is 95.9 Å². The second-order valence-electron chi connectivity index (χ2n) is 26.0. The fourth-order valence-electron chi connectivity index (χ4n) is 11.9. The summed E-state index contributed by atoms with van der Waals surface area (Å²) in [4.78, 5) is 24.6. The van der Waals surface area contributed by atoms with Crippen LogP contribution in [0.2, 0.25) is 0 Å². The molecule has 1 amide bonds. The molecule has 0 radical (unpaired) electrons. The molecule has 0 aromatic rings. The van der Waals surface area contributed by atoms with Crippen molar-refractivity contribution < 1.29 is 24.5 Å². The first-order chi connectivity index (χ1) is 41.0. The third kappa shape index (κ3) is 69.1. The molecule has 0 saturated heterocycles. The number of carbonyl (C=O) groups excluding carboxylic acids is 2. The van der Waals surface area contributed by atoms with Crippen LogP contribution in [0.15, 0.2) is 36.5 Å². The molecule has 3 N–H and O–H groups in total. The Bertz CT molecular complexity index is 1340. The van der Waals surface area contributed by atoms with E-state index in [0.29, 0.717) is 25.9 Å². The Labute approximate surface area is 519 Å². The third-order valence-corrected chi connectivity index (χ3v) is 17.7. The van der Waals surface area contributed by atoms with Gasteiger partial charge in [-0.25, -0.2) is 0 Å². The van der Waals surface area contributed by atoms with E-state index in [1.54, 1.807) is 0 Å². The molecular formula is C77H147NO5. The fraction of sp³-hybridized carbons (Fsp3) is 0.896. The van der Waals surface area contributed by atoms with E-state index < -0.39 is 12.1 Å². The number of aliphatic hydroxyl groups is 2. The smallest absolute Gasteiger partial charge is 0.305 e. The van der Waals surface area contributed by atoms with Crippen molar-refractivity contribution in [3.63, 3.8) is 0 Å². The second-order valence-corrected chi connectivity index (χ2v) is 26.0. The van der Waals surface area contributed by atoms with Gasteiger partial charge in [-0.2, -0.15) is 0 Å². The SMILES string of the molecule is CCCC/C=C\C/C=C\CCCCCCCC(=O)OCCCCCCCCCCCCCC/C=C\CCCCCCCCCCCCCCC(=O)NC(CO)C(O)CCCCCCCCCCCCCCCCCCCCCCCCCC. The predicted molar refractivity (Wildman–Crippen MR) is 366 cm³/mol. The molecule has 6 nitrogen and oxygen atoms in total. The van der Waals surface area contributed by atoms with Gasteiger partial charge < -0.3 is 20.3 Å². The van der Waals surface area contributed by atoms with Crippen molar-refractivity contribution in [1.29, 1.82) is 0 Å². The lowest BCUT2D eigenvalue weighted by Gasteiger charge is -2.22. The lowest BCUT2D eigenvalue weighted by Crippen LogP contribution is -2.45. The molecule has 0 aromatic heterocycles. The highest BCUT2D eigenvalue weighted by Crippen LogP contribution is 2.19. The number of esters is 1. The van der Waals surface area contributed by atoms with Crippen molar-refractivity contribution in [1.82, 2.24) is 5.32 Å². The van der Waals surface area contributed by atoms with E-state index >= 15 is 0 Å². The Kier molecular flexibility index (Phi) is 70.9. The molecular weight excluding hydrogens is 1020 g/mol. The Balaban J connectivity index is 3.38. The summed E-state index contributed by atoms with van der Waals surface area (Å²) in [6.45, 7) is 4.95. The van der Waals surface area contributed by atoms with Gasteiger partial charge in [0.25, 0.3) is 0 Å². The summed E-state index contributed by atoms with van der Waals surface area (Å²) in [6.07, 6.45) is 93.6. The highest BCUT2D eigenvalue weighted by atomic mass is 16.5. The van der Waals surface area contributed by atoms with E-state index in [0.717, 1.165) is 51.4 Å². The van der Waals surface area contributed by atoms with Crippen LogP contribution in [-0.4, -0.2) is 47.4 Å². The summed E-state index contributed by atoms with van der Waals surface area (Å²) < 4.78 is 5.48. The van der Waals surface area contributed by atoms with Crippen LogP contribution in [-0.2, 0) is 14.3 Å². The molecule has 0 aliphatic rings. The number of amides is 1. The fourth-order valence-corrected chi connectivity index (χ4v) is 11.9. The molecule has 0 aromatic carbocycles. The van der Waals surface area contributed by atoms with Crippen molar-refractivity contribution in [2.24, 2.45) is 0 Å². The van der Waals surface area contributed by atoms with E-state index in [4.69, 9.17) is 4.74 Å². The molecule has 0 saturated carbocycles. The zero-order valence-electron chi connectivity index (χ0n) is 56.2. The predicted octanol–water partition coefficient (Wildman–Crippen LogP) is 24.7. The van der Waals surface area contributed by atoms with Gasteiger partial charge in [-0.15, -0.1) is 0 Å². The minimum absolute atomic E-state index is 0.00182. The Morgan fingerprint density at radius 1 is 0.337 bits per heavy atom. The molecule has 83 heavy (non-hydrogen) atoms. The van der Waals surface area contributed by atoms with Gasteiger partial charge in [0.2, 0.25) is 5.91 Å². The van der Waals surface area contributed by atoms with Gasteiger partial charge in [0.1, 0.15) is 0 Å². The normalized spacial score (nSPS) is 12.7. The van der Waals surface area contributed by atoms with Gasteiger partial charge in [0.15, 0.2) is 0 Å². The quantitative estimate of drug-likeness (QED) is 0.0320. The van der Waals surface area contributed by atoms with Crippen LogP contribution in [0.3, 0.4) is 0 Å². The van der Waals surface area contributed by atoms with Crippen LogP contribution in [0.5, 0.6) is 0 Å². The van der Waals surface area contributed by atoms with Crippen LogP contribution < -0.4 is 5.32 Å². The zero-order valence-corrected chi connectivity index (χ0v) is 56.2. The van der Waals surface area contributed by atoms with Crippen molar-refractivity contribution >= 4 is 11.9 Å². The van der Waals surface area contributed by atoms with E-state index in [1.807, 2.05) is 0 Å². The average Bonchev–Trinajstić information content (AvgIpc) is 3.48. The molecule has 0 rings (SSSR count). The minimum Gasteiger partial charge on any atom is -0.466 e. The largest absolute Gasteiger partial charge is 0.466 e. The molecule has 0 heterocycles. The molecule has 0 spiro atoms. The highest BCUT2D eigenvalue weighted by Gasteiger charge is 2.20. The molecule has 0 aliphatic heterocycles. The van der Waals surface area contributed by atoms with Crippen molar-refractivity contribution in [3.05, 3.63) is 36.5 Å². The van der Waals surface area contributed by atoms with Crippen LogP contribution in [0.1, 0.15) is 418 Å². The van der Waals surface area contributed by atoms with Crippen molar-refractivity contribution in [2.75, 3.05) is 13.2 Å². The lowest BCUT2D eigenvalue weighted by molar-refractivity contribution is -0.143. The van der Waals surface area contributed by atoms with Gasteiger partial charge >= 0.3 is 5.97 Å². The maximum atomic E-state index is 12.6. The summed E-state index contributed by atoms with van der Waals surface area (Å²) in [7, 11) is 0. The summed E-state index contributed by atoms with van der Waals surface area (Å²) in [6, 6.07) is -0.543. The van der Waals surface area contributed by atoms with Crippen LogP contribution in [0.4, 0.5) is 0 Å². The Morgan fingerprint density at radius 2 is 0.614 bits per heavy atom. The van der Waals surface area contributed by atoms with Crippen molar-refractivity contribution in [3.8, 4) is 0 Å². The summed E-state index contributed by atoms with van der Waals surface area (Å²) >= 11 is 0. The number of carbonyl (C=O) groups is 2. The molecule has 2 atom stereocenters. The number of rotatable bonds is 71. The van der Waals surface area contributed by atoms with Crippen LogP contribution >= 0.6 is 0 Å². The number of aliphatic hydroxyl groups excluding tert-OH is 2. The summed E-state index contributed by atoms with van der Waals surface area (Å²) in [5.41, 5.74) is 0. The van der Waals surface area contributed by atoms with Gasteiger partial charge in [-0.3, -0.25) is 9.59 Å². The van der Waals surface area contributed by atoms with Gasteiger partial charge in [0.05, 0.1) is 25.4 Å². The Hall–Kier alpha value is -1.92. The molecule has 0 bridgehead atoms. The maximum Gasteiger partial charge on any atom is 0.305 e. The molecule has 490 valence electrons. The number of nitrogens with one attached hydrogen (secondary N) is 1. The van der Waals surface area contributed by atoms with Gasteiger partial charge in [0, 0.05) is 12.8 Å². The minimum atomic E-state index is -0.666. The third-order valence-electron chi connectivity index (χ3n) is 17.7. The summed E-state index contributed by atoms with van der Waals surface area (Å²) in [5.74, 6) is -0.0283. The van der Waals surface area contributed by atoms with Gasteiger partial charge in [-0.05, 0) is 77.0 Å². The van der Waals surface area contributed by atoms with E-state index in [9.17, 15) is 19.8 Å². The highest BCUT2D eigenvalue weighted by molar-refractivity contribution is 5.76. The number of ether oxygens (including phenoxy) is 1. The van der Waals surface area contributed by atoms with Gasteiger partial charge in [-0.1, -0.05) is 365 Å². The van der Waals surface area contributed by atoms with Crippen molar-refractivity contribution in [2.45, 2.75) is 431 Å². The second kappa shape index (κ2) is 72.6. The molecule has 0 fully saturated rings. The zero-order chi connectivity index (χ0) is 59.9. The molecule has 6 heteroatoms. The van der Waals surface area contributed by atoms with E-state index in [-0.39, 0.29) is 18.5 Å². The Morgan fingerprint density at radius 3 is 0.964 bits per heavy atom. The maximum absolute atomic E-state index is 12.6. The lowest BCUT2D eigenvalue weighted by atomic mass is 10.0. The number of unbranched alkanes of at least 4 members (excludes halogenated alkanes) is 54. The first-order valence-corrected chi connectivity index (χ1v) is 37.7. The molecule has 2 unspecified atom stereocenters. The standard InChI is InChI=1S/C77H147NO5/c1-3-5-7-9-11-13-15-17-19-20-21-22-23-30-33-36-39-42-45-49-53-57-61-65-69-75(80)74(73-79)78-76(81)70-66-62-58-54-50-46-43-40-37-34-31-28-26-24-25-27-29-32-35-38-41-44-48-52-56-60-64-68-72-83-77(82)71-67-63-59-55-51-47-18-16-14-12-10-8-6-4-2/h10,12,16,18,24-25,74-75,79-80H,3-9,11,13-15,17,19-23,26-73H2,1-2H3,(H,78,81)/b12-10-,18-16-,25-24-. The number of allylic oxidation sites excluding steroid dienone is 6. The average molecular weight is 1170 g/mol. The number of hydrogen-bond donors (Lipinski definition) is 3. The number of hydrogen-bond acceptors (Lipinski definition) is 5. The van der Waals surface area contributed by atoms with E-state index in [1.165, 1.54) is 334 Å². The van der Waals surface area contributed by atoms with E-state index in [2.05, 4.69) is 55.6 Å². The summed E-state index contributed by atoms with van der Waals surface area (Å²) in [5, 5.41) is 23.5. The van der Waals surface area contributed by atoms with Crippen LogP contribution in [0.25, 0.3) is 0 Å². The first kappa shape index (κ1) is 81.1. The molecule has 0 aliphatic carbocycles.